The third-order valence-corrected chi connectivity index (χ3v) is 8.40. The van der Waals surface area contributed by atoms with Crippen LogP contribution in [0.1, 0.15) is 92.2 Å². The number of epoxide rings is 1. The largest absolute Gasteiger partial charge is 0.458 e. The Morgan fingerprint density at radius 1 is 1.22 bits per heavy atom. The number of aromatic nitrogens is 1. The summed E-state index contributed by atoms with van der Waals surface area (Å²) in [5, 5.41) is 22.2. The molecule has 0 radical (unpaired) electrons. The molecule has 0 aliphatic carbocycles. The van der Waals surface area contributed by atoms with Crippen LogP contribution in [-0.2, 0) is 19.1 Å². The predicted molar refractivity (Wildman–Crippen MR) is 142 cm³/mol. The molecule has 37 heavy (non-hydrogen) atoms. The summed E-state index contributed by atoms with van der Waals surface area (Å²) >= 11 is 0. The summed E-state index contributed by atoms with van der Waals surface area (Å²) in [5.41, 5.74) is 0.0977. The molecule has 7 unspecified atom stereocenters. The van der Waals surface area contributed by atoms with Gasteiger partial charge in [0.25, 0.3) is 0 Å². The van der Waals surface area contributed by atoms with Crippen molar-refractivity contribution in [2.24, 2.45) is 17.3 Å². The SMILES string of the molecule is CCCC1C(=O)C(C)(C)C(O)CC(=O)OC(/C(C)=C/c2ccccn2)CC2OC2(C)CCCC(C)C1O. The molecule has 0 spiro atoms. The molecule has 0 amide bonds. The highest BCUT2D eigenvalue weighted by molar-refractivity contribution is 5.88. The van der Waals surface area contributed by atoms with Crippen LogP contribution in [0.5, 0.6) is 0 Å². The van der Waals surface area contributed by atoms with Gasteiger partial charge in [0.1, 0.15) is 11.9 Å². The molecule has 7 heteroatoms. The van der Waals surface area contributed by atoms with E-state index in [1.807, 2.05) is 45.0 Å². The first-order valence-electron chi connectivity index (χ1n) is 13.8. The minimum Gasteiger partial charge on any atom is -0.458 e. The van der Waals surface area contributed by atoms with Gasteiger partial charge in [-0.25, -0.2) is 0 Å². The number of aliphatic hydroxyl groups is 2. The van der Waals surface area contributed by atoms with Crippen molar-refractivity contribution in [1.29, 1.82) is 0 Å². The van der Waals surface area contributed by atoms with E-state index >= 15 is 0 Å². The second-order valence-corrected chi connectivity index (χ2v) is 11.8. The van der Waals surface area contributed by atoms with Crippen LogP contribution in [-0.4, -0.2) is 57.0 Å². The Morgan fingerprint density at radius 3 is 2.59 bits per heavy atom. The third-order valence-electron chi connectivity index (χ3n) is 8.40. The quantitative estimate of drug-likeness (QED) is 0.434. The Kier molecular flexibility index (Phi) is 9.70. The number of fused-ring (bicyclic) bond motifs is 1. The van der Waals surface area contributed by atoms with Gasteiger partial charge in [0.2, 0.25) is 0 Å². The number of rotatable bonds is 4. The zero-order valence-corrected chi connectivity index (χ0v) is 23.3. The fraction of sp³-hybridized carbons (Fsp3) is 0.700. The highest BCUT2D eigenvalue weighted by Crippen LogP contribution is 2.45. The van der Waals surface area contributed by atoms with Crippen molar-refractivity contribution < 1.29 is 29.3 Å². The van der Waals surface area contributed by atoms with Gasteiger partial charge in [-0.15, -0.1) is 0 Å². The third kappa shape index (κ3) is 7.27. The van der Waals surface area contributed by atoms with Gasteiger partial charge >= 0.3 is 5.97 Å². The standard InChI is InChI=1S/C30H45NO6/c1-7-11-22-27(34)19(2)12-10-14-30(6)25(37-30)17-23(20(3)16-21-13-8-9-15-31-21)36-26(33)18-24(32)29(4,5)28(22)35/h8-9,13,15-16,19,22-25,27,32,34H,7,10-12,14,17-18H2,1-6H3/b20-16+. The van der Waals surface area contributed by atoms with Gasteiger partial charge in [-0.1, -0.05) is 46.6 Å². The molecule has 2 N–H and O–H groups in total. The Hall–Kier alpha value is -2.09. The molecule has 0 bridgehead atoms. The van der Waals surface area contributed by atoms with Gasteiger partial charge in [-0.3, -0.25) is 14.6 Å². The number of hydrogen-bond donors (Lipinski definition) is 2. The molecule has 0 aromatic carbocycles. The van der Waals surface area contributed by atoms with Crippen molar-refractivity contribution in [2.75, 3.05) is 0 Å². The Bertz CT molecular complexity index is 960. The highest BCUT2D eigenvalue weighted by atomic mass is 16.6. The molecule has 2 saturated heterocycles. The van der Waals surface area contributed by atoms with Crippen molar-refractivity contribution in [2.45, 2.75) is 117 Å². The topological polar surface area (TPSA) is 109 Å². The maximum atomic E-state index is 13.6. The van der Waals surface area contributed by atoms with Crippen LogP contribution in [0.15, 0.2) is 30.0 Å². The lowest BCUT2D eigenvalue weighted by Gasteiger charge is -2.36. The smallest absolute Gasteiger partial charge is 0.309 e. The number of ether oxygens (including phenoxy) is 2. The van der Waals surface area contributed by atoms with Gasteiger partial charge in [-0.05, 0) is 62.8 Å². The van der Waals surface area contributed by atoms with Gasteiger partial charge in [-0.2, -0.15) is 0 Å². The summed E-state index contributed by atoms with van der Waals surface area (Å²) in [6.45, 7) is 11.3. The number of cyclic esters (lactones) is 1. The van der Waals surface area contributed by atoms with Gasteiger partial charge in [0.15, 0.2) is 0 Å². The first-order valence-corrected chi connectivity index (χ1v) is 13.8. The normalized spacial score (nSPS) is 35.9. The van der Waals surface area contributed by atoms with Crippen LogP contribution in [0.4, 0.5) is 0 Å². The Labute approximate surface area is 221 Å². The van der Waals surface area contributed by atoms with Gasteiger partial charge in [0.05, 0.1) is 41.4 Å². The molecule has 1 aromatic heterocycles. The van der Waals surface area contributed by atoms with Crippen LogP contribution in [0, 0.1) is 17.3 Å². The second kappa shape index (κ2) is 12.2. The van der Waals surface area contributed by atoms with Crippen LogP contribution in [0.25, 0.3) is 6.08 Å². The fourth-order valence-electron chi connectivity index (χ4n) is 5.49. The molecule has 7 nitrogen and oxygen atoms in total. The molecular weight excluding hydrogens is 470 g/mol. The summed E-state index contributed by atoms with van der Waals surface area (Å²) in [7, 11) is 0. The summed E-state index contributed by atoms with van der Waals surface area (Å²) in [6, 6.07) is 5.63. The lowest BCUT2D eigenvalue weighted by atomic mass is 9.71. The summed E-state index contributed by atoms with van der Waals surface area (Å²) < 4.78 is 12.0. The van der Waals surface area contributed by atoms with Crippen molar-refractivity contribution in [3.05, 3.63) is 35.7 Å². The summed E-state index contributed by atoms with van der Waals surface area (Å²) in [5.74, 6) is -1.43. The van der Waals surface area contributed by atoms with Crippen molar-refractivity contribution >= 4 is 17.8 Å². The molecular formula is C30H45NO6. The van der Waals surface area contributed by atoms with Crippen molar-refractivity contribution in [1.82, 2.24) is 4.98 Å². The van der Waals surface area contributed by atoms with E-state index in [4.69, 9.17) is 9.47 Å². The monoisotopic (exact) mass is 515 g/mol. The molecule has 3 rings (SSSR count). The number of hydrogen-bond acceptors (Lipinski definition) is 7. The number of nitrogens with zero attached hydrogens (tertiary/aromatic N) is 1. The molecule has 3 heterocycles. The second-order valence-electron chi connectivity index (χ2n) is 11.8. The number of Topliss-reactive ketones (excluding diaryl/α,β-unsaturated/α-hetero) is 1. The number of ketones is 1. The number of carbonyl (C=O) groups is 2. The average Bonchev–Trinajstić information content (AvgIpc) is 3.49. The average molecular weight is 516 g/mol. The predicted octanol–water partition coefficient (Wildman–Crippen LogP) is 4.89. The van der Waals surface area contributed by atoms with Crippen LogP contribution >= 0.6 is 0 Å². The highest BCUT2D eigenvalue weighted by Gasteiger charge is 2.53. The van der Waals surface area contributed by atoms with E-state index in [0.29, 0.717) is 12.8 Å². The Morgan fingerprint density at radius 2 is 1.95 bits per heavy atom. The van der Waals surface area contributed by atoms with E-state index in [1.165, 1.54) is 0 Å². The van der Waals surface area contributed by atoms with E-state index in [0.717, 1.165) is 37.0 Å². The lowest BCUT2D eigenvalue weighted by Crippen LogP contribution is -2.46. The van der Waals surface area contributed by atoms with E-state index in [1.54, 1.807) is 20.0 Å². The first-order chi connectivity index (χ1) is 17.4. The molecule has 0 saturated carbocycles. The van der Waals surface area contributed by atoms with Crippen LogP contribution in [0.2, 0.25) is 0 Å². The molecule has 2 fully saturated rings. The maximum Gasteiger partial charge on any atom is 0.309 e. The number of pyridine rings is 1. The minimum absolute atomic E-state index is 0.0544. The van der Waals surface area contributed by atoms with Crippen LogP contribution < -0.4 is 0 Å². The van der Waals surface area contributed by atoms with Gasteiger partial charge < -0.3 is 19.7 Å². The number of aliphatic hydroxyl groups excluding tert-OH is 2. The summed E-state index contributed by atoms with van der Waals surface area (Å²) in [6.07, 6.45) is 4.94. The number of esters is 1. The maximum absolute atomic E-state index is 13.6. The molecule has 2 aliphatic rings. The summed E-state index contributed by atoms with van der Waals surface area (Å²) in [4.78, 5) is 31.0. The van der Waals surface area contributed by atoms with E-state index in [-0.39, 0.29) is 29.8 Å². The molecule has 206 valence electrons. The fourth-order valence-corrected chi connectivity index (χ4v) is 5.49. The number of carbonyl (C=O) groups excluding carboxylic acids is 2. The molecule has 2 aliphatic heterocycles. The van der Waals surface area contributed by atoms with E-state index < -0.39 is 35.6 Å². The molecule has 7 atom stereocenters. The zero-order chi connectivity index (χ0) is 27.4. The zero-order valence-electron chi connectivity index (χ0n) is 23.3. The first kappa shape index (κ1) is 29.5. The van der Waals surface area contributed by atoms with E-state index in [9.17, 15) is 19.8 Å². The van der Waals surface area contributed by atoms with Crippen molar-refractivity contribution in [3.8, 4) is 0 Å². The van der Waals surface area contributed by atoms with Crippen LogP contribution in [0.3, 0.4) is 0 Å². The Balaban J connectivity index is 1.88. The van der Waals surface area contributed by atoms with Gasteiger partial charge in [0, 0.05) is 18.5 Å². The van der Waals surface area contributed by atoms with Crippen molar-refractivity contribution in [3.63, 3.8) is 0 Å². The lowest BCUT2D eigenvalue weighted by molar-refractivity contribution is -0.154. The van der Waals surface area contributed by atoms with E-state index in [2.05, 4.69) is 11.9 Å². The minimum atomic E-state index is -1.23. The molecule has 1 aromatic rings.